The number of benzene rings is 3. The fraction of sp³-hybridized carbons (Fsp3) is 0.233. The van der Waals surface area contributed by atoms with Gasteiger partial charge < -0.3 is 18.9 Å². The molecule has 1 unspecified atom stereocenters. The molecule has 0 aliphatic heterocycles. The van der Waals surface area contributed by atoms with Crippen LogP contribution in [0.4, 0.5) is 0 Å². The van der Waals surface area contributed by atoms with Gasteiger partial charge in [-0.2, -0.15) is 0 Å². The van der Waals surface area contributed by atoms with E-state index in [0.717, 1.165) is 45.0 Å². The maximum Gasteiger partial charge on any atom is 0.131 e. The van der Waals surface area contributed by atoms with Gasteiger partial charge in [-0.1, -0.05) is 42.3 Å². The van der Waals surface area contributed by atoms with Gasteiger partial charge in [0, 0.05) is 17.1 Å². The number of aryl methyl sites for hydroxylation is 1. The van der Waals surface area contributed by atoms with Crippen molar-refractivity contribution in [2.75, 3.05) is 14.2 Å². The summed E-state index contributed by atoms with van der Waals surface area (Å²) in [6.07, 6.45) is 6.78. The lowest BCUT2D eigenvalue weighted by atomic mass is 10.1. The van der Waals surface area contributed by atoms with Gasteiger partial charge in [-0.05, 0) is 60.4 Å². The van der Waals surface area contributed by atoms with Crippen molar-refractivity contribution >= 4 is 10.9 Å². The first-order valence-electron chi connectivity index (χ1n) is 11.5. The number of hydrogen-bond acceptors (Lipinski definition) is 5. The van der Waals surface area contributed by atoms with Crippen LogP contribution >= 0.6 is 0 Å². The second kappa shape index (κ2) is 11.9. The van der Waals surface area contributed by atoms with Gasteiger partial charge in [-0.15, -0.1) is 6.42 Å². The number of methoxy groups -OCH3 is 2. The Kier molecular flexibility index (Phi) is 8.21. The van der Waals surface area contributed by atoms with Gasteiger partial charge in [0.25, 0.3) is 0 Å². The van der Waals surface area contributed by atoms with Gasteiger partial charge in [0.1, 0.15) is 30.0 Å². The number of rotatable bonds is 11. The standard InChI is InChI=1S/C30H29NO4/c1-4-25(34-20-22-9-14-26(32-2)15-10-22)18-13-24-19-30(28-7-5-6-8-29(28)31-24)35-21-23-11-16-27(33-3)17-12-23/h1,5-12,14-17,19,25H,13,18,20-21H2,2-3H3. The van der Waals surface area contributed by atoms with Crippen LogP contribution in [0.25, 0.3) is 10.9 Å². The van der Waals surface area contributed by atoms with E-state index in [1.165, 1.54) is 0 Å². The maximum absolute atomic E-state index is 6.21. The molecule has 0 N–H and O–H groups in total. The Hall–Kier alpha value is -4.01. The number of hydrogen-bond donors (Lipinski definition) is 0. The summed E-state index contributed by atoms with van der Waals surface area (Å²) in [5.74, 6) is 5.20. The van der Waals surface area contributed by atoms with E-state index in [1.807, 2.05) is 78.9 Å². The quantitative estimate of drug-likeness (QED) is 0.254. The summed E-state index contributed by atoms with van der Waals surface area (Å²) < 4.78 is 22.6. The third-order valence-electron chi connectivity index (χ3n) is 5.74. The van der Waals surface area contributed by atoms with Gasteiger partial charge in [0.2, 0.25) is 0 Å². The zero-order chi connectivity index (χ0) is 24.5. The number of para-hydroxylation sites is 1. The molecule has 0 radical (unpaired) electrons. The van der Waals surface area contributed by atoms with Gasteiger partial charge in [-0.3, -0.25) is 4.98 Å². The number of ether oxygens (including phenoxy) is 4. The largest absolute Gasteiger partial charge is 0.497 e. The number of terminal acetylenes is 1. The van der Waals surface area contributed by atoms with Crippen molar-refractivity contribution in [3.63, 3.8) is 0 Å². The minimum atomic E-state index is -0.311. The SMILES string of the molecule is C#CC(CCc1cc(OCc2ccc(OC)cc2)c2ccccc2n1)OCc1ccc(OC)cc1. The van der Waals surface area contributed by atoms with E-state index in [4.69, 9.17) is 30.4 Å². The second-order valence-electron chi connectivity index (χ2n) is 8.12. The normalized spacial score (nSPS) is 11.6. The fourth-order valence-corrected chi connectivity index (χ4v) is 3.74. The van der Waals surface area contributed by atoms with Gasteiger partial charge in [0.05, 0.1) is 26.3 Å². The molecular formula is C30H29NO4. The molecule has 178 valence electrons. The summed E-state index contributed by atoms with van der Waals surface area (Å²) in [7, 11) is 3.31. The maximum atomic E-state index is 6.21. The van der Waals surface area contributed by atoms with Crippen LogP contribution in [-0.2, 0) is 24.4 Å². The third kappa shape index (κ3) is 6.53. The molecule has 0 aliphatic rings. The first-order valence-corrected chi connectivity index (χ1v) is 11.5. The molecule has 3 aromatic carbocycles. The molecule has 0 fully saturated rings. The fourth-order valence-electron chi connectivity index (χ4n) is 3.74. The topological polar surface area (TPSA) is 49.8 Å². The number of nitrogens with zero attached hydrogens (tertiary/aromatic N) is 1. The summed E-state index contributed by atoms with van der Waals surface area (Å²) in [5, 5.41) is 0.981. The van der Waals surface area contributed by atoms with Gasteiger partial charge in [-0.25, -0.2) is 0 Å². The molecule has 4 aromatic rings. The second-order valence-corrected chi connectivity index (χ2v) is 8.12. The first-order chi connectivity index (χ1) is 17.2. The Morgan fingerprint density at radius 1 is 0.829 bits per heavy atom. The van der Waals surface area contributed by atoms with Crippen molar-refractivity contribution in [3.8, 4) is 29.6 Å². The van der Waals surface area contributed by atoms with E-state index < -0.39 is 0 Å². The van der Waals surface area contributed by atoms with E-state index in [2.05, 4.69) is 5.92 Å². The Morgan fingerprint density at radius 2 is 1.46 bits per heavy atom. The van der Waals surface area contributed by atoms with Crippen molar-refractivity contribution in [1.82, 2.24) is 4.98 Å². The Morgan fingerprint density at radius 3 is 2.09 bits per heavy atom. The highest BCUT2D eigenvalue weighted by Crippen LogP contribution is 2.27. The molecule has 35 heavy (non-hydrogen) atoms. The highest BCUT2D eigenvalue weighted by Gasteiger charge is 2.11. The monoisotopic (exact) mass is 467 g/mol. The summed E-state index contributed by atoms with van der Waals surface area (Å²) in [4.78, 5) is 4.82. The zero-order valence-corrected chi connectivity index (χ0v) is 20.1. The van der Waals surface area contributed by atoms with E-state index >= 15 is 0 Å². The van der Waals surface area contributed by atoms with Crippen LogP contribution in [0.2, 0.25) is 0 Å². The molecule has 0 amide bonds. The average molecular weight is 468 g/mol. The van der Waals surface area contributed by atoms with Crippen molar-refractivity contribution < 1.29 is 18.9 Å². The summed E-state index contributed by atoms with van der Waals surface area (Å²) in [6.45, 7) is 0.898. The first kappa shape index (κ1) is 24.1. The lowest BCUT2D eigenvalue weighted by Crippen LogP contribution is -2.12. The highest BCUT2D eigenvalue weighted by molar-refractivity contribution is 5.85. The molecule has 1 heterocycles. The molecule has 1 atom stereocenters. The van der Waals surface area contributed by atoms with E-state index in [1.54, 1.807) is 14.2 Å². The molecule has 0 spiro atoms. The van der Waals surface area contributed by atoms with Crippen molar-refractivity contribution in [3.05, 3.63) is 95.7 Å². The van der Waals surface area contributed by atoms with E-state index in [9.17, 15) is 0 Å². The predicted octanol–water partition coefficient (Wildman–Crippen LogP) is 5.98. The van der Waals surface area contributed by atoms with Crippen molar-refractivity contribution in [1.29, 1.82) is 0 Å². The zero-order valence-electron chi connectivity index (χ0n) is 20.1. The van der Waals surface area contributed by atoms with Gasteiger partial charge >= 0.3 is 0 Å². The molecule has 0 bridgehead atoms. The smallest absolute Gasteiger partial charge is 0.131 e. The van der Waals surface area contributed by atoms with Crippen molar-refractivity contribution in [2.45, 2.75) is 32.2 Å². The minimum absolute atomic E-state index is 0.311. The Labute approximate surface area is 206 Å². The molecule has 1 aromatic heterocycles. The Bertz CT molecular complexity index is 1280. The lowest BCUT2D eigenvalue weighted by molar-refractivity contribution is 0.0728. The van der Waals surface area contributed by atoms with Crippen molar-refractivity contribution in [2.24, 2.45) is 0 Å². The van der Waals surface area contributed by atoms with E-state index in [0.29, 0.717) is 26.1 Å². The Balaban J connectivity index is 1.41. The molecule has 5 nitrogen and oxygen atoms in total. The van der Waals surface area contributed by atoms with Crippen LogP contribution in [0, 0.1) is 12.3 Å². The number of pyridine rings is 1. The van der Waals surface area contributed by atoms with Crippen LogP contribution in [0.5, 0.6) is 17.2 Å². The van der Waals surface area contributed by atoms with Crippen LogP contribution in [0.15, 0.2) is 78.9 Å². The molecule has 0 aliphatic carbocycles. The summed E-state index contributed by atoms with van der Waals surface area (Å²) in [6, 6.07) is 25.6. The number of aromatic nitrogens is 1. The average Bonchev–Trinajstić information content (AvgIpc) is 2.92. The number of fused-ring (bicyclic) bond motifs is 1. The molecular weight excluding hydrogens is 438 g/mol. The molecule has 0 saturated carbocycles. The molecule has 5 heteroatoms. The third-order valence-corrected chi connectivity index (χ3v) is 5.74. The molecule has 4 rings (SSSR count). The minimum Gasteiger partial charge on any atom is -0.497 e. The van der Waals surface area contributed by atoms with E-state index in [-0.39, 0.29) is 6.10 Å². The summed E-state index contributed by atoms with van der Waals surface area (Å²) in [5.41, 5.74) is 3.92. The molecule has 0 saturated heterocycles. The van der Waals surface area contributed by atoms with Crippen LogP contribution < -0.4 is 14.2 Å². The van der Waals surface area contributed by atoms with Gasteiger partial charge in [0.15, 0.2) is 0 Å². The van der Waals surface area contributed by atoms with Crippen LogP contribution in [-0.4, -0.2) is 25.3 Å². The lowest BCUT2D eigenvalue weighted by Gasteiger charge is -2.14. The highest BCUT2D eigenvalue weighted by atomic mass is 16.5. The van der Waals surface area contributed by atoms with Crippen LogP contribution in [0.3, 0.4) is 0 Å². The predicted molar refractivity (Wildman–Crippen MR) is 138 cm³/mol. The summed E-state index contributed by atoms with van der Waals surface area (Å²) >= 11 is 0. The van der Waals surface area contributed by atoms with Crippen LogP contribution in [0.1, 0.15) is 23.2 Å².